The second kappa shape index (κ2) is 4.85. The maximum atomic E-state index is 12.6. The molecule has 4 heteroatoms. The van der Waals surface area contributed by atoms with Crippen molar-refractivity contribution in [2.45, 2.75) is 11.8 Å². The Labute approximate surface area is 115 Å². The number of carbonyl (C=O) groups is 1. The first kappa shape index (κ1) is 13.9. The van der Waals surface area contributed by atoms with Gasteiger partial charge in [-0.3, -0.25) is 4.79 Å². The lowest BCUT2D eigenvalue weighted by Gasteiger charge is -2.24. The van der Waals surface area contributed by atoms with Gasteiger partial charge in [0, 0.05) is 26.3 Å². The third-order valence-corrected chi connectivity index (χ3v) is 3.92. The van der Waals surface area contributed by atoms with Gasteiger partial charge in [-0.1, -0.05) is 18.2 Å². The summed E-state index contributed by atoms with van der Waals surface area (Å²) in [6.07, 6.45) is 0.885. The van der Waals surface area contributed by atoms with Crippen LogP contribution in [-0.2, 0) is 10.2 Å². The van der Waals surface area contributed by atoms with Gasteiger partial charge in [-0.25, -0.2) is 0 Å². The summed E-state index contributed by atoms with van der Waals surface area (Å²) in [6, 6.07) is 7.74. The molecule has 2 atom stereocenters. The maximum Gasteiger partial charge on any atom is 0.233 e. The first-order valence-electron chi connectivity index (χ1n) is 6.61. The van der Waals surface area contributed by atoms with E-state index in [4.69, 9.17) is 5.73 Å². The molecule has 2 N–H and O–H groups in total. The fourth-order valence-corrected chi connectivity index (χ4v) is 3.00. The second-order valence-corrected chi connectivity index (χ2v) is 5.92. The maximum absolute atomic E-state index is 12.6. The number of rotatable bonds is 4. The minimum atomic E-state index is -0.418. The molecule has 1 fully saturated rings. The Kier molecular flexibility index (Phi) is 3.54. The number of nitrogen functional groups attached to an aromatic ring is 1. The highest BCUT2D eigenvalue weighted by molar-refractivity contribution is 5.93. The summed E-state index contributed by atoms with van der Waals surface area (Å²) in [7, 11) is 7.71. The predicted octanol–water partition coefficient (Wildman–Crippen LogP) is 1.18. The van der Waals surface area contributed by atoms with E-state index in [1.165, 1.54) is 0 Å². The Morgan fingerprint density at radius 2 is 1.95 bits per heavy atom. The van der Waals surface area contributed by atoms with Gasteiger partial charge in [0.1, 0.15) is 0 Å². The minimum Gasteiger partial charge on any atom is -0.398 e. The summed E-state index contributed by atoms with van der Waals surface area (Å²) in [4.78, 5) is 16.4. The molecule has 0 aromatic heterocycles. The number of anilines is 1. The molecule has 2 unspecified atom stereocenters. The molecule has 1 aliphatic carbocycles. The van der Waals surface area contributed by atoms with Crippen molar-refractivity contribution in [2.75, 3.05) is 40.5 Å². The summed E-state index contributed by atoms with van der Waals surface area (Å²) in [5.74, 6) is 0.513. The molecule has 2 rings (SSSR count). The average Bonchev–Trinajstić information content (AvgIpc) is 3.02. The Hall–Kier alpha value is -1.55. The number of amides is 1. The van der Waals surface area contributed by atoms with Gasteiger partial charge in [0.25, 0.3) is 0 Å². The van der Waals surface area contributed by atoms with Crippen LogP contribution in [0.25, 0.3) is 0 Å². The van der Waals surface area contributed by atoms with Crippen LogP contribution < -0.4 is 5.73 Å². The predicted molar refractivity (Wildman–Crippen MR) is 77.9 cm³/mol. The van der Waals surface area contributed by atoms with Crippen molar-refractivity contribution < 1.29 is 4.79 Å². The fourth-order valence-electron chi connectivity index (χ4n) is 3.00. The Morgan fingerprint density at radius 3 is 2.47 bits per heavy atom. The summed E-state index contributed by atoms with van der Waals surface area (Å²) in [5.41, 5.74) is 7.38. The molecule has 1 aromatic carbocycles. The number of nitrogens with zero attached hydrogens (tertiary/aromatic N) is 2. The molecule has 1 aromatic rings. The molecule has 0 bridgehead atoms. The van der Waals surface area contributed by atoms with Crippen molar-refractivity contribution in [2.24, 2.45) is 5.92 Å². The van der Waals surface area contributed by atoms with Crippen LogP contribution in [0, 0.1) is 5.92 Å². The van der Waals surface area contributed by atoms with Crippen LogP contribution in [-0.4, -0.2) is 50.4 Å². The van der Waals surface area contributed by atoms with Gasteiger partial charge in [0.2, 0.25) is 5.91 Å². The van der Waals surface area contributed by atoms with E-state index in [9.17, 15) is 4.79 Å². The van der Waals surface area contributed by atoms with E-state index in [0.717, 1.165) is 24.2 Å². The number of hydrogen-bond donors (Lipinski definition) is 1. The highest BCUT2D eigenvalue weighted by atomic mass is 16.2. The van der Waals surface area contributed by atoms with Crippen molar-refractivity contribution in [1.82, 2.24) is 9.80 Å². The van der Waals surface area contributed by atoms with Gasteiger partial charge < -0.3 is 15.5 Å². The Morgan fingerprint density at radius 1 is 1.32 bits per heavy atom. The average molecular weight is 261 g/mol. The number of para-hydroxylation sites is 1. The largest absolute Gasteiger partial charge is 0.398 e. The first-order valence-corrected chi connectivity index (χ1v) is 6.61. The van der Waals surface area contributed by atoms with Gasteiger partial charge in [-0.05, 0) is 38.1 Å². The molecule has 1 amide bonds. The Bertz CT molecular complexity index is 484. The molecule has 0 aliphatic heterocycles. The molecule has 0 heterocycles. The van der Waals surface area contributed by atoms with Crippen LogP contribution in [0.3, 0.4) is 0 Å². The van der Waals surface area contributed by atoms with Gasteiger partial charge in [0.05, 0.1) is 5.41 Å². The molecule has 0 spiro atoms. The molecule has 19 heavy (non-hydrogen) atoms. The standard InChI is InChI=1S/C15H23N3O/c1-17(2)10-11-9-15(11,14(19)18(3)4)12-7-5-6-8-13(12)16/h5-8,11H,9-10,16H2,1-4H3. The minimum absolute atomic E-state index is 0.164. The first-order chi connectivity index (χ1) is 8.89. The molecular weight excluding hydrogens is 238 g/mol. The summed E-state index contributed by atoms with van der Waals surface area (Å²) in [5, 5.41) is 0. The van der Waals surface area contributed by atoms with E-state index in [-0.39, 0.29) is 5.91 Å². The Balaban J connectivity index is 2.38. The molecule has 0 saturated heterocycles. The van der Waals surface area contributed by atoms with E-state index in [1.54, 1.807) is 4.90 Å². The van der Waals surface area contributed by atoms with E-state index in [1.807, 2.05) is 52.5 Å². The van der Waals surface area contributed by atoms with Crippen LogP contribution in [0.1, 0.15) is 12.0 Å². The van der Waals surface area contributed by atoms with Crippen molar-refractivity contribution in [1.29, 1.82) is 0 Å². The normalized spacial score (nSPS) is 25.4. The van der Waals surface area contributed by atoms with Crippen LogP contribution in [0.4, 0.5) is 5.69 Å². The molecule has 104 valence electrons. The highest BCUT2D eigenvalue weighted by Gasteiger charge is 2.62. The zero-order valence-corrected chi connectivity index (χ0v) is 12.2. The number of carbonyl (C=O) groups excluding carboxylic acids is 1. The summed E-state index contributed by atoms with van der Waals surface area (Å²) >= 11 is 0. The SMILES string of the molecule is CN(C)CC1CC1(C(=O)N(C)C)c1ccccc1N. The lowest BCUT2D eigenvalue weighted by atomic mass is 9.90. The number of hydrogen-bond acceptors (Lipinski definition) is 3. The molecule has 1 aliphatic rings. The number of benzene rings is 1. The van der Waals surface area contributed by atoms with Gasteiger partial charge in [-0.15, -0.1) is 0 Å². The summed E-state index contributed by atoms with van der Waals surface area (Å²) in [6.45, 7) is 0.911. The van der Waals surface area contributed by atoms with Crippen molar-refractivity contribution in [3.05, 3.63) is 29.8 Å². The van der Waals surface area contributed by atoms with E-state index in [0.29, 0.717) is 5.92 Å². The van der Waals surface area contributed by atoms with Gasteiger partial charge in [0.15, 0.2) is 0 Å². The van der Waals surface area contributed by atoms with Crippen molar-refractivity contribution in [3.8, 4) is 0 Å². The van der Waals surface area contributed by atoms with Crippen molar-refractivity contribution >= 4 is 11.6 Å². The van der Waals surface area contributed by atoms with Crippen molar-refractivity contribution in [3.63, 3.8) is 0 Å². The van der Waals surface area contributed by atoms with Gasteiger partial charge in [-0.2, -0.15) is 0 Å². The third-order valence-electron chi connectivity index (χ3n) is 3.92. The van der Waals surface area contributed by atoms with Crippen LogP contribution >= 0.6 is 0 Å². The van der Waals surface area contributed by atoms with Crippen LogP contribution in [0.2, 0.25) is 0 Å². The number of nitrogens with two attached hydrogens (primary N) is 1. The fraction of sp³-hybridized carbons (Fsp3) is 0.533. The monoisotopic (exact) mass is 261 g/mol. The third kappa shape index (κ3) is 2.32. The molecule has 1 saturated carbocycles. The lowest BCUT2D eigenvalue weighted by Crippen LogP contribution is -2.37. The van der Waals surface area contributed by atoms with E-state index >= 15 is 0 Å². The van der Waals surface area contributed by atoms with Crippen LogP contribution in [0.5, 0.6) is 0 Å². The highest BCUT2D eigenvalue weighted by Crippen LogP contribution is 2.56. The number of likely N-dealkylation sites (N-methyl/N-ethyl adjacent to an activating group) is 1. The van der Waals surface area contributed by atoms with E-state index in [2.05, 4.69) is 4.90 Å². The lowest BCUT2D eigenvalue weighted by molar-refractivity contribution is -0.131. The van der Waals surface area contributed by atoms with Gasteiger partial charge >= 0.3 is 0 Å². The zero-order chi connectivity index (χ0) is 14.2. The zero-order valence-electron chi connectivity index (χ0n) is 12.2. The second-order valence-electron chi connectivity index (χ2n) is 5.92. The summed E-state index contributed by atoms with van der Waals surface area (Å²) < 4.78 is 0. The smallest absolute Gasteiger partial charge is 0.233 e. The van der Waals surface area contributed by atoms with E-state index < -0.39 is 5.41 Å². The molecule has 0 radical (unpaired) electrons. The molecule has 4 nitrogen and oxygen atoms in total. The van der Waals surface area contributed by atoms with Crippen LogP contribution in [0.15, 0.2) is 24.3 Å². The molecular formula is C15H23N3O. The topological polar surface area (TPSA) is 49.6 Å². The quantitative estimate of drug-likeness (QED) is 0.828.